The minimum atomic E-state index is -3.26. The summed E-state index contributed by atoms with van der Waals surface area (Å²) in [6.45, 7) is 2.59. The van der Waals surface area contributed by atoms with Crippen LogP contribution >= 0.6 is 11.6 Å². The van der Waals surface area contributed by atoms with Gasteiger partial charge in [0, 0.05) is 19.0 Å². The van der Waals surface area contributed by atoms with Crippen molar-refractivity contribution in [2.75, 3.05) is 5.88 Å². The first-order valence-corrected chi connectivity index (χ1v) is 7.21. The summed E-state index contributed by atoms with van der Waals surface area (Å²) in [5.41, 5.74) is 2.18. The molecule has 0 aromatic heterocycles. The second-order valence-electron chi connectivity index (χ2n) is 4.05. The van der Waals surface area contributed by atoms with Crippen LogP contribution in [0, 0.1) is 0 Å². The van der Waals surface area contributed by atoms with Crippen molar-refractivity contribution in [1.82, 2.24) is 4.31 Å². The molecule has 0 radical (unpaired) electrons. The van der Waals surface area contributed by atoms with E-state index in [1.54, 1.807) is 6.92 Å². The summed E-state index contributed by atoms with van der Waals surface area (Å²) >= 11 is 5.62. The van der Waals surface area contributed by atoms with E-state index in [0.717, 1.165) is 11.1 Å². The highest BCUT2D eigenvalue weighted by molar-refractivity contribution is 7.89. The van der Waals surface area contributed by atoms with Crippen LogP contribution in [0.15, 0.2) is 24.3 Å². The van der Waals surface area contributed by atoms with Gasteiger partial charge in [0.15, 0.2) is 0 Å². The minimum absolute atomic E-state index is 0.134. The smallest absolute Gasteiger partial charge is 0.212 e. The highest BCUT2D eigenvalue weighted by Gasteiger charge is 2.32. The van der Waals surface area contributed by atoms with Gasteiger partial charge in [0.05, 0.1) is 5.25 Å². The molecule has 88 valence electrons. The molecular weight excluding hydrogens is 246 g/mol. The highest BCUT2D eigenvalue weighted by atomic mass is 35.5. The molecule has 1 unspecified atom stereocenters. The summed E-state index contributed by atoms with van der Waals surface area (Å²) in [5.74, 6) is 0.134. The van der Waals surface area contributed by atoms with Crippen molar-refractivity contribution in [3.63, 3.8) is 0 Å². The Bertz CT molecular complexity index is 462. The van der Waals surface area contributed by atoms with Gasteiger partial charge < -0.3 is 0 Å². The lowest BCUT2D eigenvalue weighted by Gasteiger charge is -2.19. The van der Waals surface area contributed by atoms with E-state index in [1.165, 1.54) is 4.31 Å². The standard InChI is InChI=1S/C11H14ClNO2S/c1-9(6-12)16(14,15)13-7-10-4-2-3-5-11(10)8-13/h2-5,9H,6-8H2,1H3. The SMILES string of the molecule is CC(CCl)S(=O)(=O)N1Cc2ccccc2C1. The molecule has 0 amide bonds. The lowest BCUT2D eigenvalue weighted by molar-refractivity contribution is 0.426. The molecule has 0 fully saturated rings. The summed E-state index contributed by atoms with van der Waals surface area (Å²) in [5, 5.41) is -0.525. The molecule has 0 N–H and O–H groups in total. The summed E-state index contributed by atoms with van der Waals surface area (Å²) in [4.78, 5) is 0. The topological polar surface area (TPSA) is 37.4 Å². The second kappa shape index (κ2) is 4.35. The van der Waals surface area contributed by atoms with Crippen LogP contribution in [-0.4, -0.2) is 23.9 Å². The number of hydrogen-bond donors (Lipinski definition) is 0. The lowest BCUT2D eigenvalue weighted by atomic mass is 10.1. The Balaban J connectivity index is 2.24. The fraction of sp³-hybridized carbons (Fsp3) is 0.455. The van der Waals surface area contributed by atoms with Crippen LogP contribution in [0.4, 0.5) is 0 Å². The second-order valence-corrected chi connectivity index (χ2v) is 6.71. The molecule has 0 saturated heterocycles. The van der Waals surface area contributed by atoms with E-state index in [4.69, 9.17) is 11.6 Å². The Hall–Kier alpha value is -0.580. The van der Waals surface area contributed by atoms with Gasteiger partial charge in [0.1, 0.15) is 0 Å². The molecule has 3 nitrogen and oxygen atoms in total. The van der Waals surface area contributed by atoms with E-state index in [-0.39, 0.29) is 5.88 Å². The Kier molecular flexibility index (Phi) is 3.24. The van der Waals surface area contributed by atoms with Crippen LogP contribution in [0.2, 0.25) is 0 Å². The third-order valence-corrected chi connectivity index (χ3v) is 5.70. The minimum Gasteiger partial charge on any atom is -0.212 e. The molecular formula is C11H14ClNO2S. The number of hydrogen-bond acceptors (Lipinski definition) is 2. The number of rotatable bonds is 3. The zero-order chi connectivity index (χ0) is 11.8. The largest absolute Gasteiger partial charge is 0.218 e. The molecule has 1 heterocycles. The molecule has 1 aromatic rings. The maximum absolute atomic E-state index is 12.1. The summed E-state index contributed by atoms with van der Waals surface area (Å²) in [7, 11) is -3.26. The average Bonchev–Trinajstić information content (AvgIpc) is 2.72. The Labute approximate surface area is 101 Å². The quantitative estimate of drug-likeness (QED) is 0.779. The van der Waals surface area contributed by atoms with Gasteiger partial charge in [0.2, 0.25) is 10.0 Å². The zero-order valence-corrected chi connectivity index (χ0v) is 10.6. The van der Waals surface area contributed by atoms with Crippen LogP contribution < -0.4 is 0 Å². The van der Waals surface area contributed by atoms with Gasteiger partial charge in [-0.15, -0.1) is 11.6 Å². The van der Waals surface area contributed by atoms with E-state index in [0.29, 0.717) is 13.1 Å². The molecule has 1 aliphatic rings. The normalized spacial score (nSPS) is 18.4. The van der Waals surface area contributed by atoms with Crippen molar-refractivity contribution in [1.29, 1.82) is 0 Å². The van der Waals surface area contributed by atoms with E-state index in [2.05, 4.69) is 0 Å². The molecule has 0 saturated carbocycles. The Morgan fingerprint density at radius 2 is 1.81 bits per heavy atom. The van der Waals surface area contributed by atoms with Gasteiger partial charge in [-0.25, -0.2) is 8.42 Å². The summed E-state index contributed by atoms with van der Waals surface area (Å²) in [6, 6.07) is 7.80. The third-order valence-electron chi connectivity index (χ3n) is 2.90. The van der Waals surface area contributed by atoms with Crippen molar-refractivity contribution in [3.8, 4) is 0 Å². The first-order valence-electron chi connectivity index (χ1n) is 5.17. The molecule has 1 aliphatic heterocycles. The molecule has 1 atom stereocenters. The molecule has 0 spiro atoms. The van der Waals surface area contributed by atoms with Crippen molar-refractivity contribution in [3.05, 3.63) is 35.4 Å². The molecule has 16 heavy (non-hydrogen) atoms. The number of sulfonamides is 1. The fourth-order valence-corrected chi connectivity index (χ4v) is 3.60. The van der Waals surface area contributed by atoms with Crippen molar-refractivity contribution < 1.29 is 8.42 Å². The molecule has 0 bridgehead atoms. The van der Waals surface area contributed by atoms with Crippen LogP contribution in [-0.2, 0) is 23.1 Å². The van der Waals surface area contributed by atoms with Gasteiger partial charge >= 0.3 is 0 Å². The molecule has 1 aromatic carbocycles. The first-order chi connectivity index (χ1) is 7.55. The van der Waals surface area contributed by atoms with Gasteiger partial charge in [0.25, 0.3) is 0 Å². The monoisotopic (exact) mass is 259 g/mol. The highest BCUT2D eigenvalue weighted by Crippen LogP contribution is 2.26. The molecule has 0 aliphatic carbocycles. The lowest BCUT2D eigenvalue weighted by Crippen LogP contribution is -2.34. The van der Waals surface area contributed by atoms with E-state index in [9.17, 15) is 8.42 Å². The van der Waals surface area contributed by atoms with E-state index in [1.807, 2.05) is 24.3 Å². The third kappa shape index (κ3) is 1.97. The number of fused-ring (bicyclic) bond motifs is 1. The predicted molar refractivity (Wildman–Crippen MR) is 64.8 cm³/mol. The van der Waals surface area contributed by atoms with Gasteiger partial charge in [-0.2, -0.15) is 4.31 Å². The predicted octanol–water partition coefficient (Wildman–Crippen LogP) is 1.96. The van der Waals surface area contributed by atoms with Gasteiger partial charge in [-0.1, -0.05) is 24.3 Å². The van der Waals surface area contributed by atoms with Crippen LogP contribution in [0.5, 0.6) is 0 Å². The van der Waals surface area contributed by atoms with Gasteiger partial charge in [-0.05, 0) is 18.1 Å². The van der Waals surface area contributed by atoms with Crippen molar-refractivity contribution in [2.45, 2.75) is 25.3 Å². The molecule has 5 heteroatoms. The van der Waals surface area contributed by atoms with Crippen LogP contribution in [0.25, 0.3) is 0 Å². The zero-order valence-electron chi connectivity index (χ0n) is 9.06. The van der Waals surface area contributed by atoms with Crippen molar-refractivity contribution in [2.24, 2.45) is 0 Å². The Morgan fingerprint density at radius 3 is 2.25 bits per heavy atom. The maximum atomic E-state index is 12.1. The number of nitrogens with zero attached hydrogens (tertiary/aromatic N) is 1. The Morgan fingerprint density at radius 1 is 1.31 bits per heavy atom. The summed E-state index contributed by atoms with van der Waals surface area (Å²) in [6.07, 6.45) is 0. The number of alkyl halides is 1. The number of halogens is 1. The van der Waals surface area contributed by atoms with E-state index < -0.39 is 15.3 Å². The number of benzene rings is 1. The maximum Gasteiger partial charge on any atom is 0.218 e. The average molecular weight is 260 g/mol. The van der Waals surface area contributed by atoms with Crippen molar-refractivity contribution >= 4 is 21.6 Å². The van der Waals surface area contributed by atoms with E-state index >= 15 is 0 Å². The fourth-order valence-electron chi connectivity index (χ4n) is 1.82. The van der Waals surface area contributed by atoms with Gasteiger partial charge in [-0.3, -0.25) is 0 Å². The van der Waals surface area contributed by atoms with Crippen LogP contribution in [0.1, 0.15) is 18.1 Å². The first kappa shape index (κ1) is 11.9. The molecule has 2 rings (SSSR count). The van der Waals surface area contributed by atoms with Crippen LogP contribution in [0.3, 0.4) is 0 Å². The summed E-state index contributed by atoms with van der Waals surface area (Å²) < 4.78 is 25.7.